The predicted molar refractivity (Wildman–Crippen MR) is 132 cm³/mol. The lowest BCUT2D eigenvalue weighted by Crippen LogP contribution is -2.52. The van der Waals surface area contributed by atoms with Crippen LogP contribution in [0.1, 0.15) is 25.8 Å². The van der Waals surface area contributed by atoms with Crippen LogP contribution in [0, 0.1) is 0 Å². The Morgan fingerprint density at radius 2 is 1.68 bits per heavy atom. The molecule has 2 aromatic heterocycles. The fourth-order valence-electron chi connectivity index (χ4n) is 4.31. The molecule has 3 nitrogen and oxygen atoms in total. The van der Waals surface area contributed by atoms with E-state index in [1.54, 1.807) is 31.4 Å². The maximum atomic E-state index is 14.3. The Bertz CT molecular complexity index is 1380. The predicted octanol–water partition coefficient (Wildman–Crippen LogP) is 7.04. The number of aliphatic hydroxyl groups is 1. The minimum absolute atomic E-state index is 0.186. The summed E-state index contributed by atoms with van der Waals surface area (Å²) >= 11 is 7.11. The van der Waals surface area contributed by atoms with Crippen LogP contribution in [0.2, 0.25) is 5.02 Å². The zero-order chi connectivity index (χ0) is 24.7. The first-order valence-electron chi connectivity index (χ1n) is 10.6. The van der Waals surface area contributed by atoms with Crippen LogP contribution in [-0.4, -0.2) is 21.5 Å². The summed E-state index contributed by atoms with van der Waals surface area (Å²) in [6.07, 6.45) is -4.34. The van der Waals surface area contributed by atoms with E-state index < -0.39 is 35.6 Å². The zero-order valence-electron chi connectivity index (χ0n) is 18.6. The van der Waals surface area contributed by atoms with Gasteiger partial charge in [0.2, 0.25) is 5.43 Å². The summed E-state index contributed by atoms with van der Waals surface area (Å²) < 4.78 is 44.5. The van der Waals surface area contributed by atoms with E-state index in [-0.39, 0.29) is 9.72 Å². The molecule has 1 N–H and O–H groups in total. The molecule has 0 aliphatic heterocycles. The van der Waals surface area contributed by atoms with Gasteiger partial charge in [-0.25, -0.2) is 0 Å². The van der Waals surface area contributed by atoms with Gasteiger partial charge in [-0.05, 0) is 40.0 Å². The van der Waals surface area contributed by atoms with Crippen molar-refractivity contribution in [1.82, 2.24) is 4.57 Å². The molecule has 2 heterocycles. The quantitative estimate of drug-likeness (QED) is 0.305. The van der Waals surface area contributed by atoms with Crippen LogP contribution in [0.25, 0.3) is 21.3 Å². The summed E-state index contributed by atoms with van der Waals surface area (Å²) in [6, 6.07) is 18.5. The fourth-order valence-corrected chi connectivity index (χ4v) is 5.44. The average Bonchev–Trinajstić information content (AvgIpc) is 3.28. The van der Waals surface area contributed by atoms with Crippen molar-refractivity contribution in [2.75, 3.05) is 0 Å². The number of hydrogen-bond acceptors (Lipinski definition) is 3. The number of aromatic nitrogens is 1. The molecular weight excluding hydrogens is 483 g/mol. The third-order valence-corrected chi connectivity index (χ3v) is 7.26. The lowest BCUT2D eigenvalue weighted by Gasteiger charge is -2.38. The van der Waals surface area contributed by atoms with Crippen LogP contribution < -0.4 is 5.43 Å². The van der Waals surface area contributed by atoms with Gasteiger partial charge in [0, 0.05) is 6.20 Å². The lowest BCUT2D eigenvalue weighted by atomic mass is 9.74. The number of fused-ring (bicyclic) bond motifs is 1. The normalized spacial score (nSPS) is 14.3. The largest absolute Gasteiger partial charge is 0.418 e. The van der Waals surface area contributed by atoms with E-state index in [1.807, 2.05) is 48.5 Å². The number of rotatable bonds is 6. The topological polar surface area (TPSA) is 42.2 Å². The van der Waals surface area contributed by atoms with E-state index in [0.717, 1.165) is 22.5 Å². The first-order chi connectivity index (χ1) is 15.9. The highest BCUT2D eigenvalue weighted by Gasteiger charge is 2.56. The van der Waals surface area contributed by atoms with Crippen LogP contribution in [0.5, 0.6) is 0 Å². The summed E-state index contributed by atoms with van der Waals surface area (Å²) in [5.74, 6) is 0. The van der Waals surface area contributed by atoms with Crippen molar-refractivity contribution in [1.29, 1.82) is 0 Å². The standard InChI is InChI=1S/C26H23ClF3NO2S/c1-24(2,19-10-6-9-18(13-19)17-7-4-3-5-8-17)15-25(33,26(28,29)30)16-31-14-20(27)22(32)23-21(31)11-12-34-23/h3-14,33H,15-16H2,1-2H3. The molecule has 0 aliphatic rings. The molecule has 0 amide bonds. The van der Waals surface area contributed by atoms with Crippen molar-refractivity contribution >= 4 is 33.2 Å². The highest BCUT2D eigenvalue weighted by Crippen LogP contribution is 2.43. The second-order valence-corrected chi connectivity index (χ2v) is 10.4. The van der Waals surface area contributed by atoms with Gasteiger partial charge in [-0.1, -0.05) is 80.0 Å². The molecule has 1 unspecified atom stereocenters. The van der Waals surface area contributed by atoms with Gasteiger partial charge < -0.3 is 9.67 Å². The van der Waals surface area contributed by atoms with Crippen molar-refractivity contribution in [3.8, 4) is 11.1 Å². The lowest BCUT2D eigenvalue weighted by molar-refractivity contribution is -0.271. The van der Waals surface area contributed by atoms with Crippen molar-refractivity contribution in [3.63, 3.8) is 0 Å². The van der Waals surface area contributed by atoms with Crippen molar-refractivity contribution < 1.29 is 18.3 Å². The van der Waals surface area contributed by atoms with E-state index in [0.29, 0.717) is 11.1 Å². The molecule has 0 saturated carbocycles. The van der Waals surface area contributed by atoms with Crippen LogP contribution >= 0.6 is 22.9 Å². The van der Waals surface area contributed by atoms with Gasteiger partial charge >= 0.3 is 6.18 Å². The van der Waals surface area contributed by atoms with Crippen LogP contribution in [0.4, 0.5) is 13.2 Å². The molecule has 8 heteroatoms. The summed E-state index contributed by atoms with van der Waals surface area (Å²) in [4.78, 5) is 12.2. The third-order valence-electron chi connectivity index (χ3n) is 6.09. The highest BCUT2D eigenvalue weighted by molar-refractivity contribution is 7.17. The van der Waals surface area contributed by atoms with Crippen LogP contribution in [0.3, 0.4) is 0 Å². The molecule has 0 spiro atoms. The number of alkyl halides is 3. The number of nitrogens with zero attached hydrogens (tertiary/aromatic N) is 1. The number of halogens is 4. The maximum Gasteiger partial charge on any atom is 0.418 e. The first kappa shape index (κ1) is 24.5. The molecule has 4 aromatic rings. The van der Waals surface area contributed by atoms with E-state index in [4.69, 9.17) is 11.6 Å². The molecule has 0 saturated heterocycles. The monoisotopic (exact) mass is 505 g/mol. The van der Waals surface area contributed by atoms with E-state index in [1.165, 1.54) is 10.8 Å². The first-order valence-corrected chi connectivity index (χ1v) is 11.9. The highest BCUT2D eigenvalue weighted by atomic mass is 35.5. The summed E-state index contributed by atoms with van der Waals surface area (Å²) in [7, 11) is 0. The third kappa shape index (κ3) is 4.65. The molecule has 178 valence electrons. The number of thiophene rings is 1. The maximum absolute atomic E-state index is 14.3. The molecule has 1 atom stereocenters. The van der Waals surface area contributed by atoms with E-state index in [2.05, 4.69) is 0 Å². The molecule has 0 radical (unpaired) electrons. The van der Waals surface area contributed by atoms with Crippen LogP contribution in [-0.2, 0) is 12.0 Å². The average molecular weight is 506 g/mol. The van der Waals surface area contributed by atoms with Crippen LogP contribution in [0.15, 0.2) is 77.0 Å². The van der Waals surface area contributed by atoms with Gasteiger partial charge in [0.15, 0.2) is 5.60 Å². The molecule has 4 rings (SSSR count). The Morgan fingerprint density at radius 3 is 2.35 bits per heavy atom. The summed E-state index contributed by atoms with van der Waals surface area (Å²) in [5, 5.41) is 12.5. The molecule has 0 aliphatic carbocycles. The minimum atomic E-state index is -4.92. The number of hydrogen-bond donors (Lipinski definition) is 1. The second-order valence-electron chi connectivity index (χ2n) is 9.11. The molecule has 0 bridgehead atoms. The fraction of sp³-hybridized carbons (Fsp3) is 0.269. The Kier molecular flexibility index (Phi) is 6.40. The van der Waals surface area contributed by atoms with Gasteiger partial charge in [-0.2, -0.15) is 13.2 Å². The van der Waals surface area contributed by atoms with Gasteiger partial charge in [-0.15, -0.1) is 11.3 Å². The smallest absolute Gasteiger partial charge is 0.379 e. The SMILES string of the molecule is CC(C)(CC(O)(Cn1cc(Cl)c(=O)c2sccc21)C(F)(F)F)c1cccc(-c2ccccc2)c1. The Labute approximate surface area is 204 Å². The summed E-state index contributed by atoms with van der Waals surface area (Å²) in [5.41, 5.74) is -1.70. The van der Waals surface area contributed by atoms with E-state index in [9.17, 15) is 23.1 Å². The van der Waals surface area contributed by atoms with E-state index >= 15 is 0 Å². The number of benzene rings is 2. The number of pyridine rings is 1. The molecule has 34 heavy (non-hydrogen) atoms. The molecule has 0 fully saturated rings. The second kappa shape index (κ2) is 8.87. The van der Waals surface area contributed by atoms with Gasteiger partial charge in [0.05, 0.1) is 16.8 Å². The Hall–Kier alpha value is -2.61. The Balaban J connectivity index is 1.73. The molecule has 2 aromatic carbocycles. The van der Waals surface area contributed by atoms with Gasteiger partial charge in [0.25, 0.3) is 0 Å². The van der Waals surface area contributed by atoms with Gasteiger partial charge in [0.1, 0.15) is 5.02 Å². The van der Waals surface area contributed by atoms with Gasteiger partial charge in [-0.3, -0.25) is 4.79 Å². The van der Waals surface area contributed by atoms with Crippen molar-refractivity contribution in [3.05, 3.63) is 93.0 Å². The Morgan fingerprint density at radius 1 is 1.00 bits per heavy atom. The van der Waals surface area contributed by atoms with Crippen molar-refractivity contribution in [2.45, 2.75) is 44.0 Å². The zero-order valence-corrected chi connectivity index (χ0v) is 20.1. The van der Waals surface area contributed by atoms with Crippen molar-refractivity contribution in [2.24, 2.45) is 0 Å². The minimum Gasteiger partial charge on any atom is -0.379 e. The summed E-state index contributed by atoms with van der Waals surface area (Å²) in [6.45, 7) is 2.59. The molecular formula is C26H23ClF3NO2S.